The predicted octanol–water partition coefficient (Wildman–Crippen LogP) is 2.62. The molecule has 1 N–H and O–H groups in total. The topological polar surface area (TPSA) is 89.8 Å². The van der Waals surface area contributed by atoms with Crippen molar-refractivity contribution in [1.82, 2.24) is 14.7 Å². The minimum absolute atomic E-state index is 0.0195. The van der Waals surface area contributed by atoms with Crippen LogP contribution in [-0.4, -0.2) is 21.3 Å². The first-order valence-electron chi connectivity index (χ1n) is 9.30. The maximum Gasteiger partial charge on any atom is 0.308 e. The number of esters is 1. The summed E-state index contributed by atoms with van der Waals surface area (Å²) in [5.74, 6) is -0.724. The van der Waals surface area contributed by atoms with E-state index >= 15 is 0 Å². The number of pyridine rings is 1. The van der Waals surface area contributed by atoms with E-state index in [1.165, 1.54) is 17.4 Å². The van der Waals surface area contributed by atoms with E-state index in [1.54, 1.807) is 12.3 Å². The highest BCUT2D eigenvalue weighted by Crippen LogP contribution is 2.18. The van der Waals surface area contributed by atoms with Crippen molar-refractivity contribution in [2.75, 3.05) is 0 Å². The van der Waals surface area contributed by atoms with E-state index < -0.39 is 12.0 Å². The van der Waals surface area contributed by atoms with Crippen molar-refractivity contribution in [3.8, 4) is 0 Å². The summed E-state index contributed by atoms with van der Waals surface area (Å²) in [5, 5.41) is 2.78. The molecule has 0 bridgehead atoms. The van der Waals surface area contributed by atoms with E-state index in [0.29, 0.717) is 11.3 Å². The molecule has 0 aliphatic rings. The minimum Gasteiger partial charge on any atom is -0.459 e. The summed E-state index contributed by atoms with van der Waals surface area (Å²) in [4.78, 5) is 40.5. The van der Waals surface area contributed by atoms with Crippen LogP contribution in [0.15, 0.2) is 53.5 Å². The molecule has 3 aromatic rings. The minimum atomic E-state index is -0.490. The van der Waals surface area contributed by atoms with E-state index in [4.69, 9.17) is 4.74 Å². The van der Waals surface area contributed by atoms with E-state index in [2.05, 4.69) is 10.3 Å². The van der Waals surface area contributed by atoms with Crippen LogP contribution in [0.2, 0.25) is 0 Å². The predicted molar refractivity (Wildman–Crippen MR) is 108 cm³/mol. The number of benzene rings is 1. The third-order valence-electron chi connectivity index (χ3n) is 4.48. The second-order valence-electron chi connectivity index (χ2n) is 7.05. The number of amides is 1. The van der Waals surface area contributed by atoms with Gasteiger partial charge in [0.1, 0.15) is 12.3 Å². The third kappa shape index (κ3) is 5.28. The monoisotopic (exact) mass is 393 g/mol. The van der Waals surface area contributed by atoms with Crippen LogP contribution in [0.25, 0.3) is 5.65 Å². The molecule has 3 rings (SSSR count). The number of hydrogen-bond acceptors (Lipinski definition) is 5. The molecule has 1 aromatic carbocycles. The van der Waals surface area contributed by atoms with Crippen LogP contribution in [-0.2, 0) is 20.9 Å². The van der Waals surface area contributed by atoms with Crippen molar-refractivity contribution >= 4 is 17.5 Å². The summed E-state index contributed by atoms with van der Waals surface area (Å²) in [6.07, 6.45) is 1.64. The van der Waals surface area contributed by atoms with Gasteiger partial charge in [-0.1, -0.05) is 29.8 Å². The zero-order valence-electron chi connectivity index (χ0n) is 16.6. The summed E-state index contributed by atoms with van der Waals surface area (Å²) in [6.45, 7) is 5.16. The van der Waals surface area contributed by atoms with Crippen molar-refractivity contribution in [1.29, 1.82) is 0 Å². The van der Waals surface area contributed by atoms with Crippen LogP contribution in [0.1, 0.15) is 41.8 Å². The molecular formula is C22H23N3O4. The van der Waals surface area contributed by atoms with E-state index in [0.717, 1.165) is 16.7 Å². The van der Waals surface area contributed by atoms with Crippen molar-refractivity contribution in [3.05, 3.63) is 81.4 Å². The normalized spacial score (nSPS) is 11.8. The molecule has 1 atom stereocenters. The highest BCUT2D eigenvalue weighted by Gasteiger charge is 2.18. The molecular weight excluding hydrogens is 370 g/mol. The van der Waals surface area contributed by atoms with E-state index in [-0.39, 0.29) is 24.5 Å². The summed E-state index contributed by atoms with van der Waals surface area (Å²) >= 11 is 0. The molecule has 2 heterocycles. The Kier molecular flexibility index (Phi) is 6.07. The molecule has 0 aliphatic heterocycles. The van der Waals surface area contributed by atoms with Crippen molar-refractivity contribution in [3.63, 3.8) is 0 Å². The fourth-order valence-corrected chi connectivity index (χ4v) is 3.00. The molecule has 0 aliphatic carbocycles. The second kappa shape index (κ2) is 8.68. The van der Waals surface area contributed by atoms with Crippen LogP contribution in [0, 0.1) is 13.8 Å². The highest BCUT2D eigenvalue weighted by molar-refractivity contribution is 5.76. The zero-order chi connectivity index (χ0) is 21.0. The molecule has 0 saturated heterocycles. The number of fused-ring (bicyclic) bond motifs is 1. The molecule has 150 valence electrons. The average Bonchev–Trinajstić information content (AvgIpc) is 2.66. The number of carbonyl (C=O) groups is 2. The van der Waals surface area contributed by atoms with Gasteiger partial charge in [0.05, 0.1) is 18.2 Å². The Morgan fingerprint density at radius 2 is 1.83 bits per heavy atom. The first-order valence-corrected chi connectivity index (χ1v) is 9.30. The van der Waals surface area contributed by atoms with Gasteiger partial charge >= 0.3 is 5.97 Å². The Hall–Kier alpha value is -3.48. The average molecular weight is 393 g/mol. The molecule has 0 saturated carbocycles. The van der Waals surface area contributed by atoms with Gasteiger partial charge in [0.15, 0.2) is 0 Å². The van der Waals surface area contributed by atoms with Gasteiger partial charge in [0, 0.05) is 19.2 Å². The number of carbonyl (C=O) groups excluding carboxylic acids is 2. The Morgan fingerprint density at radius 1 is 1.10 bits per heavy atom. The number of nitrogens with one attached hydrogen (secondary N) is 1. The van der Waals surface area contributed by atoms with Gasteiger partial charge < -0.3 is 10.1 Å². The maximum absolute atomic E-state index is 12.4. The molecule has 7 nitrogen and oxygen atoms in total. The van der Waals surface area contributed by atoms with Crippen molar-refractivity contribution in [2.45, 2.75) is 39.8 Å². The smallest absolute Gasteiger partial charge is 0.308 e. The van der Waals surface area contributed by atoms with Gasteiger partial charge in [-0.3, -0.25) is 18.8 Å². The Bertz CT molecular complexity index is 1100. The van der Waals surface area contributed by atoms with E-state index in [9.17, 15) is 14.4 Å². The Morgan fingerprint density at radius 3 is 2.52 bits per heavy atom. The molecule has 2 aromatic heterocycles. The zero-order valence-corrected chi connectivity index (χ0v) is 16.6. The Balaban J connectivity index is 1.70. The number of aromatic nitrogens is 2. The quantitative estimate of drug-likeness (QED) is 0.650. The molecule has 7 heteroatoms. The summed E-state index contributed by atoms with van der Waals surface area (Å²) in [7, 11) is 0. The lowest BCUT2D eigenvalue weighted by molar-refractivity contribution is -0.145. The lowest BCUT2D eigenvalue weighted by atomic mass is 10.0. The lowest BCUT2D eigenvalue weighted by Gasteiger charge is -2.18. The number of aryl methyl sites for hydroxylation is 2. The maximum atomic E-state index is 12.4. The number of rotatable bonds is 6. The van der Waals surface area contributed by atoms with Crippen LogP contribution < -0.4 is 10.9 Å². The van der Waals surface area contributed by atoms with Crippen molar-refractivity contribution < 1.29 is 14.3 Å². The lowest BCUT2D eigenvalue weighted by Crippen LogP contribution is -2.28. The first-order chi connectivity index (χ1) is 13.8. The van der Waals surface area contributed by atoms with Gasteiger partial charge in [0.2, 0.25) is 5.91 Å². The Labute approximate surface area is 168 Å². The van der Waals surface area contributed by atoms with Gasteiger partial charge in [-0.05, 0) is 37.1 Å². The number of ether oxygens (including phenoxy) is 1. The van der Waals surface area contributed by atoms with Crippen LogP contribution in [0.3, 0.4) is 0 Å². The standard InChI is InChI=1S/C22H23N3O4/c1-14-4-6-17(7-5-14)19(23-16(3)26)12-22(28)29-13-18-11-21(27)25-9-8-15(2)10-20(25)24-18/h4-11,19H,12-13H2,1-3H3,(H,23,26)/t19-/m1/s1. The highest BCUT2D eigenvalue weighted by atomic mass is 16.5. The molecule has 1 amide bonds. The van der Waals surface area contributed by atoms with Gasteiger partial charge in [0.25, 0.3) is 5.56 Å². The summed E-state index contributed by atoms with van der Waals surface area (Å²) in [6, 6.07) is 12.1. The van der Waals surface area contributed by atoms with Gasteiger partial charge in [-0.2, -0.15) is 0 Å². The third-order valence-corrected chi connectivity index (χ3v) is 4.48. The molecule has 0 unspecified atom stereocenters. The van der Waals surface area contributed by atoms with Crippen LogP contribution >= 0.6 is 0 Å². The fraction of sp³-hybridized carbons (Fsp3) is 0.273. The second-order valence-corrected chi connectivity index (χ2v) is 7.05. The largest absolute Gasteiger partial charge is 0.459 e. The van der Waals surface area contributed by atoms with E-state index in [1.807, 2.05) is 44.2 Å². The molecule has 0 radical (unpaired) electrons. The molecule has 0 fully saturated rings. The molecule has 0 spiro atoms. The van der Waals surface area contributed by atoms with Gasteiger partial charge in [-0.15, -0.1) is 0 Å². The van der Waals surface area contributed by atoms with Crippen LogP contribution in [0.4, 0.5) is 0 Å². The fourth-order valence-electron chi connectivity index (χ4n) is 3.00. The van der Waals surface area contributed by atoms with Gasteiger partial charge in [-0.25, -0.2) is 4.98 Å². The number of hydrogen-bond donors (Lipinski definition) is 1. The first kappa shape index (κ1) is 20.3. The van der Waals surface area contributed by atoms with Crippen molar-refractivity contribution in [2.24, 2.45) is 0 Å². The SMILES string of the molecule is CC(=O)N[C@H](CC(=O)OCc1cc(=O)n2ccc(C)cc2n1)c1ccc(C)cc1. The number of nitrogens with zero attached hydrogens (tertiary/aromatic N) is 2. The molecule has 29 heavy (non-hydrogen) atoms. The summed E-state index contributed by atoms with van der Waals surface area (Å²) < 4.78 is 6.75. The summed E-state index contributed by atoms with van der Waals surface area (Å²) in [5.41, 5.74) is 3.51. The van der Waals surface area contributed by atoms with Crippen LogP contribution in [0.5, 0.6) is 0 Å².